The maximum atomic E-state index is 14.2. The predicted octanol–water partition coefficient (Wildman–Crippen LogP) is 5.43. The molecule has 4 aliphatic rings. The number of imide groups is 1. The molecule has 1 saturated carbocycles. The molecule has 228 valence electrons. The van der Waals surface area contributed by atoms with Crippen molar-refractivity contribution in [2.24, 2.45) is 21.4 Å². The van der Waals surface area contributed by atoms with E-state index in [1.54, 1.807) is 29.3 Å². The first-order chi connectivity index (χ1) is 21.8. The van der Waals surface area contributed by atoms with Crippen LogP contribution in [0.3, 0.4) is 0 Å². The Morgan fingerprint density at radius 2 is 1.64 bits per heavy atom. The van der Waals surface area contributed by atoms with Gasteiger partial charge in [0.1, 0.15) is 12.3 Å². The quantitative estimate of drug-likeness (QED) is 0.350. The van der Waals surface area contributed by atoms with Crippen molar-refractivity contribution >= 4 is 35.2 Å². The Hall–Kier alpha value is -5.12. The van der Waals surface area contributed by atoms with Gasteiger partial charge < -0.3 is 4.74 Å². The molecule has 3 aliphatic heterocycles. The lowest BCUT2D eigenvalue weighted by Gasteiger charge is -2.30. The Morgan fingerprint density at radius 3 is 2.38 bits per heavy atom. The van der Waals surface area contributed by atoms with Crippen molar-refractivity contribution in [2.75, 3.05) is 18.6 Å². The van der Waals surface area contributed by atoms with Crippen molar-refractivity contribution in [1.82, 2.24) is 10.0 Å². The van der Waals surface area contributed by atoms with Gasteiger partial charge in [-0.3, -0.25) is 19.4 Å². The molecule has 3 aromatic carbocycles. The number of amides is 3. The lowest BCUT2D eigenvalue weighted by atomic mass is 9.77. The number of hydrogen-bond acceptors (Lipinski definition) is 8. The van der Waals surface area contributed by atoms with Crippen LogP contribution >= 0.6 is 0 Å². The zero-order chi connectivity index (χ0) is 31.2. The second-order valence-corrected chi connectivity index (χ2v) is 12.0. The molecule has 0 radical (unpaired) electrons. The molecule has 7 rings (SSSR count). The van der Waals surface area contributed by atoms with Gasteiger partial charge in [0, 0.05) is 5.92 Å². The number of nitrogens with zero attached hydrogens (tertiary/aromatic N) is 6. The molecule has 2 fully saturated rings. The molecule has 10 heteroatoms. The Kier molecular flexibility index (Phi) is 7.27. The van der Waals surface area contributed by atoms with Gasteiger partial charge in [-0.2, -0.15) is 10.2 Å². The van der Waals surface area contributed by atoms with Crippen LogP contribution in [0.2, 0.25) is 0 Å². The third-order valence-corrected chi connectivity index (χ3v) is 9.08. The Bertz CT molecular complexity index is 1760. The van der Waals surface area contributed by atoms with Crippen LogP contribution in [-0.2, 0) is 14.4 Å². The SMILES string of the molecule is COc1ccccc1N1C(=O)[C@H]2N=NN(CC(=O)N3N=C4/C(=C/c5ccc(C)cc5)CCC[C@@H]4[C@H]3c3ccc(C)cc3)[C@H]2C1=O. The Morgan fingerprint density at radius 1 is 0.933 bits per heavy atom. The van der Waals surface area contributed by atoms with Gasteiger partial charge in [0.25, 0.3) is 17.7 Å². The van der Waals surface area contributed by atoms with Crippen molar-refractivity contribution in [3.63, 3.8) is 0 Å². The number of para-hydroxylation sites is 2. The minimum atomic E-state index is -1.03. The molecule has 1 saturated heterocycles. The van der Waals surface area contributed by atoms with Gasteiger partial charge in [-0.1, -0.05) is 77.0 Å². The topological polar surface area (TPSA) is 107 Å². The molecular weight excluding hydrogens is 568 g/mol. The molecule has 0 spiro atoms. The third kappa shape index (κ3) is 5.00. The van der Waals surface area contributed by atoms with Gasteiger partial charge in [0.05, 0.1) is 24.6 Å². The van der Waals surface area contributed by atoms with Gasteiger partial charge >= 0.3 is 0 Å². The van der Waals surface area contributed by atoms with Gasteiger partial charge in [0.15, 0.2) is 12.1 Å². The summed E-state index contributed by atoms with van der Waals surface area (Å²) in [6, 6.07) is 21.1. The van der Waals surface area contributed by atoms with E-state index >= 15 is 0 Å². The molecular formula is C35H34N6O4. The average molecular weight is 603 g/mol. The number of carbonyl (C=O) groups excluding carboxylic acids is 3. The summed E-state index contributed by atoms with van der Waals surface area (Å²) in [5.74, 6) is -0.876. The number of hydrogen-bond donors (Lipinski definition) is 0. The van der Waals surface area contributed by atoms with Crippen LogP contribution in [0.25, 0.3) is 6.08 Å². The maximum absolute atomic E-state index is 14.2. The van der Waals surface area contributed by atoms with Gasteiger partial charge in [-0.25, -0.2) is 9.91 Å². The summed E-state index contributed by atoms with van der Waals surface area (Å²) < 4.78 is 5.40. The summed E-state index contributed by atoms with van der Waals surface area (Å²) in [6.45, 7) is 3.86. The fourth-order valence-electron chi connectivity index (χ4n) is 6.78. The second-order valence-electron chi connectivity index (χ2n) is 12.0. The highest BCUT2D eigenvalue weighted by Crippen LogP contribution is 2.45. The van der Waals surface area contributed by atoms with Crippen molar-refractivity contribution in [3.05, 3.63) is 101 Å². The second kappa shape index (κ2) is 11.4. The van der Waals surface area contributed by atoms with Gasteiger partial charge in [-0.15, -0.1) is 0 Å². The maximum Gasteiger partial charge on any atom is 0.264 e. The number of carbonyl (C=O) groups is 3. The van der Waals surface area contributed by atoms with Crippen LogP contribution in [-0.4, -0.2) is 59.2 Å². The van der Waals surface area contributed by atoms with E-state index in [2.05, 4.69) is 71.9 Å². The van der Waals surface area contributed by atoms with E-state index in [0.717, 1.165) is 52.1 Å². The fourth-order valence-corrected chi connectivity index (χ4v) is 6.78. The lowest BCUT2D eigenvalue weighted by Crippen LogP contribution is -2.45. The van der Waals surface area contributed by atoms with Crippen molar-refractivity contribution in [1.29, 1.82) is 0 Å². The average Bonchev–Trinajstić information content (AvgIpc) is 3.72. The summed E-state index contributed by atoms with van der Waals surface area (Å²) in [4.78, 5) is 42.2. The Balaban J connectivity index is 1.19. The van der Waals surface area contributed by atoms with Crippen molar-refractivity contribution in [3.8, 4) is 5.75 Å². The first kappa shape index (κ1) is 28.6. The highest BCUT2D eigenvalue weighted by atomic mass is 16.5. The molecule has 0 aromatic heterocycles. The summed E-state index contributed by atoms with van der Waals surface area (Å²) in [7, 11) is 1.48. The molecule has 3 heterocycles. The molecule has 0 unspecified atom stereocenters. The highest BCUT2D eigenvalue weighted by Gasteiger charge is 2.56. The molecule has 0 N–H and O–H groups in total. The molecule has 0 bridgehead atoms. The molecule has 3 amide bonds. The number of hydrazone groups is 1. The monoisotopic (exact) mass is 602 g/mol. The molecule has 4 atom stereocenters. The first-order valence-electron chi connectivity index (χ1n) is 15.3. The minimum absolute atomic E-state index is 0.0331. The van der Waals surface area contributed by atoms with Crippen molar-refractivity contribution < 1.29 is 19.1 Å². The Labute approximate surface area is 261 Å². The minimum Gasteiger partial charge on any atom is -0.495 e. The smallest absolute Gasteiger partial charge is 0.264 e. The van der Waals surface area contributed by atoms with E-state index in [1.165, 1.54) is 17.7 Å². The van der Waals surface area contributed by atoms with Crippen LogP contribution in [0.1, 0.15) is 47.6 Å². The number of benzene rings is 3. The van der Waals surface area contributed by atoms with Crippen LogP contribution in [0.4, 0.5) is 5.69 Å². The summed E-state index contributed by atoms with van der Waals surface area (Å²) in [5.41, 5.74) is 6.83. The van der Waals surface area contributed by atoms with Crippen LogP contribution < -0.4 is 9.64 Å². The van der Waals surface area contributed by atoms with E-state index in [4.69, 9.17) is 9.84 Å². The van der Waals surface area contributed by atoms with E-state index in [9.17, 15) is 14.4 Å². The number of methoxy groups -OCH3 is 1. The number of aryl methyl sites for hydroxylation is 2. The third-order valence-electron chi connectivity index (χ3n) is 9.08. The first-order valence-corrected chi connectivity index (χ1v) is 15.3. The summed E-state index contributed by atoms with van der Waals surface area (Å²) >= 11 is 0. The van der Waals surface area contributed by atoms with Crippen molar-refractivity contribution in [2.45, 2.75) is 51.2 Å². The van der Waals surface area contributed by atoms with Gasteiger partial charge in [0.2, 0.25) is 0 Å². The van der Waals surface area contributed by atoms with Crippen LogP contribution in [0.15, 0.2) is 93.8 Å². The number of allylic oxidation sites excluding steroid dienone is 1. The number of rotatable bonds is 6. The predicted molar refractivity (Wildman–Crippen MR) is 169 cm³/mol. The van der Waals surface area contributed by atoms with E-state index < -0.39 is 23.9 Å². The van der Waals surface area contributed by atoms with Gasteiger partial charge in [-0.05, 0) is 68.0 Å². The van der Waals surface area contributed by atoms with Crippen LogP contribution in [0, 0.1) is 19.8 Å². The van der Waals surface area contributed by atoms with E-state index in [0.29, 0.717) is 11.4 Å². The largest absolute Gasteiger partial charge is 0.495 e. The zero-order valence-corrected chi connectivity index (χ0v) is 25.5. The number of ether oxygens (including phenoxy) is 1. The number of fused-ring (bicyclic) bond motifs is 2. The molecule has 45 heavy (non-hydrogen) atoms. The zero-order valence-electron chi connectivity index (χ0n) is 25.5. The number of anilines is 1. The van der Waals surface area contributed by atoms with E-state index in [-0.39, 0.29) is 24.4 Å². The fraction of sp³-hybridized carbons (Fsp3) is 0.314. The summed E-state index contributed by atoms with van der Waals surface area (Å²) in [6.07, 6.45) is 4.96. The molecule has 1 aliphatic carbocycles. The highest BCUT2D eigenvalue weighted by molar-refractivity contribution is 6.26. The standard InChI is InChI=1S/C35H34N6O4/c1-21-11-15-23(16-12-21)19-25-7-6-8-26-30(25)37-41(32(26)24-17-13-22(2)14-18-24)29(42)20-39-33-31(36-38-39)34(43)40(35(33)44)27-9-4-5-10-28(27)45-3/h4-5,9-19,26,31-33H,6-8,20H2,1-3H3/b25-19+/t26-,31-,32+,33+/m0/s1. The summed E-state index contributed by atoms with van der Waals surface area (Å²) in [5, 5.41) is 16.2. The lowest BCUT2D eigenvalue weighted by molar-refractivity contribution is -0.136. The van der Waals surface area contributed by atoms with E-state index in [1.807, 2.05) is 6.92 Å². The molecule has 10 nitrogen and oxygen atoms in total. The van der Waals surface area contributed by atoms with Crippen LogP contribution in [0.5, 0.6) is 5.75 Å². The normalized spacial score (nSPS) is 24.7. The molecule has 3 aromatic rings.